The van der Waals surface area contributed by atoms with Gasteiger partial charge in [0.05, 0.1) is 0 Å². The van der Waals surface area contributed by atoms with Crippen LogP contribution in [-0.2, 0) is 0 Å². The number of hydrogen-bond donors (Lipinski definition) is 0. The lowest BCUT2D eigenvalue weighted by Crippen LogP contribution is -1.67. The average molecular weight is 137 g/mol. The Labute approximate surface area is 64.6 Å². The lowest BCUT2D eigenvalue weighted by atomic mass is 10.2. The minimum absolute atomic E-state index is 1.05. The van der Waals surface area contributed by atoms with E-state index in [1.807, 2.05) is 6.08 Å². The molecule has 0 aromatic rings. The van der Waals surface area contributed by atoms with Crippen molar-refractivity contribution < 1.29 is 0 Å². The second kappa shape index (κ2) is 8.48. The van der Waals surface area contributed by atoms with Gasteiger partial charge in [0.25, 0.3) is 0 Å². The summed E-state index contributed by atoms with van der Waals surface area (Å²) in [7, 11) is 0. The van der Waals surface area contributed by atoms with Gasteiger partial charge in [-0.3, -0.25) is 0 Å². The summed E-state index contributed by atoms with van der Waals surface area (Å²) in [6.07, 6.45) is 12.1. The molecule has 0 aliphatic heterocycles. The van der Waals surface area contributed by atoms with Crippen LogP contribution in [0, 0.1) is 6.92 Å². The molecule has 0 fully saturated rings. The molecule has 10 heavy (non-hydrogen) atoms. The maximum absolute atomic E-state index is 3.77. The zero-order valence-electron chi connectivity index (χ0n) is 6.68. The van der Waals surface area contributed by atoms with Crippen LogP contribution in [0.2, 0.25) is 0 Å². The first-order valence-corrected chi connectivity index (χ1v) is 3.97. The van der Waals surface area contributed by atoms with Crippen molar-refractivity contribution >= 4 is 0 Å². The van der Waals surface area contributed by atoms with E-state index in [9.17, 15) is 0 Å². The Balaban J connectivity index is 2.96. The molecule has 0 aliphatic rings. The molecular formula is C10H17. The number of unbranched alkanes of at least 4 members (excludes halogenated alkanes) is 3. The predicted molar refractivity (Wildman–Crippen MR) is 47.8 cm³/mol. The first-order chi connectivity index (χ1) is 4.91. The number of hydrogen-bond acceptors (Lipinski definition) is 0. The zero-order chi connectivity index (χ0) is 7.66. The van der Waals surface area contributed by atoms with Gasteiger partial charge in [0.15, 0.2) is 0 Å². The molecule has 0 aromatic heterocycles. The van der Waals surface area contributed by atoms with E-state index in [0.717, 1.165) is 19.3 Å². The quantitative estimate of drug-likeness (QED) is 0.388. The molecule has 0 saturated carbocycles. The molecule has 0 saturated heterocycles. The summed E-state index contributed by atoms with van der Waals surface area (Å²) in [5, 5.41) is 0. The third-order valence-electron chi connectivity index (χ3n) is 1.32. The van der Waals surface area contributed by atoms with Gasteiger partial charge in [-0.05, 0) is 25.7 Å². The van der Waals surface area contributed by atoms with Crippen molar-refractivity contribution in [2.75, 3.05) is 0 Å². The summed E-state index contributed by atoms with van der Waals surface area (Å²) in [5.41, 5.74) is 0. The Morgan fingerprint density at radius 2 is 1.70 bits per heavy atom. The fourth-order valence-electron chi connectivity index (χ4n) is 0.712. The van der Waals surface area contributed by atoms with Crippen LogP contribution >= 0.6 is 0 Å². The van der Waals surface area contributed by atoms with Crippen molar-refractivity contribution in [2.45, 2.75) is 32.1 Å². The van der Waals surface area contributed by atoms with Gasteiger partial charge >= 0.3 is 0 Å². The molecule has 1 radical (unpaired) electrons. The van der Waals surface area contributed by atoms with Crippen molar-refractivity contribution in [1.82, 2.24) is 0 Å². The van der Waals surface area contributed by atoms with Gasteiger partial charge < -0.3 is 0 Å². The lowest BCUT2D eigenvalue weighted by Gasteiger charge is -1.87. The maximum atomic E-state index is 3.77. The van der Waals surface area contributed by atoms with Crippen LogP contribution in [0.5, 0.6) is 0 Å². The lowest BCUT2D eigenvalue weighted by molar-refractivity contribution is 0.860. The van der Waals surface area contributed by atoms with E-state index in [2.05, 4.69) is 25.7 Å². The third kappa shape index (κ3) is 7.48. The highest BCUT2D eigenvalue weighted by Crippen LogP contribution is 1.97. The second-order valence-corrected chi connectivity index (χ2v) is 2.33. The normalized spacial score (nSPS) is 10.5. The first kappa shape index (κ1) is 9.48. The molecule has 0 rings (SSSR count). The molecule has 0 atom stereocenters. The van der Waals surface area contributed by atoms with Gasteiger partial charge in [0, 0.05) is 0 Å². The Bertz CT molecular complexity index is 90.2. The second-order valence-electron chi connectivity index (χ2n) is 2.33. The van der Waals surface area contributed by atoms with Crippen LogP contribution in [0.1, 0.15) is 32.1 Å². The molecule has 0 bridgehead atoms. The standard InChI is InChI=1S/C10H17/c1-3-5-7-9-10-8-6-4-2/h3,9-10H,1-2,4-8H2/b10-9+. The highest BCUT2D eigenvalue weighted by Gasteiger charge is 1.77. The molecule has 0 aliphatic carbocycles. The van der Waals surface area contributed by atoms with Crippen molar-refractivity contribution in [1.29, 1.82) is 0 Å². The summed E-state index contributed by atoms with van der Waals surface area (Å²) in [6, 6.07) is 0. The highest BCUT2D eigenvalue weighted by molar-refractivity contribution is 4.84. The Kier molecular flexibility index (Phi) is 8.04. The van der Waals surface area contributed by atoms with Crippen LogP contribution in [0.15, 0.2) is 24.8 Å². The summed E-state index contributed by atoms with van der Waals surface area (Å²) >= 11 is 0. The van der Waals surface area contributed by atoms with Crippen LogP contribution in [0.4, 0.5) is 0 Å². The number of rotatable bonds is 6. The van der Waals surface area contributed by atoms with E-state index in [1.54, 1.807) is 0 Å². The van der Waals surface area contributed by atoms with Crippen LogP contribution in [0.3, 0.4) is 0 Å². The molecule has 0 amide bonds. The molecular weight excluding hydrogens is 120 g/mol. The molecule has 0 nitrogen and oxygen atoms in total. The Hall–Kier alpha value is -0.520. The third-order valence-corrected chi connectivity index (χ3v) is 1.32. The van der Waals surface area contributed by atoms with Gasteiger partial charge in [-0.25, -0.2) is 0 Å². The number of allylic oxidation sites excluding steroid dienone is 3. The minimum atomic E-state index is 1.05. The molecule has 0 N–H and O–H groups in total. The zero-order valence-corrected chi connectivity index (χ0v) is 6.68. The summed E-state index contributed by atoms with van der Waals surface area (Å²) < 4.78 is 0. The molecule has 0 heterocycles. The summed E-state index contributed by atoms with van der Waals surface area (Å²) in [5.74, 6) is 0. The van der Waals surface area contributed by atoms with Crippen molar-refractivity contribution in [3.63, 3.8) is 0 Å². The molecule has 0 spiro atoms. The average Bonchev–Trinajstić information content (AvgIpc) is 1.97. The monoisotopic (exact) mass is 137 g/mol. The SMILES string of the molecule is [CH2]CCC/C=C/CCC=C. The molecule has 0 unspecified atom stereocenters. The van der Waals surface area contributed by atoms with E-state index in [-0.39, 0.29) is 0 Å². The van der Waals surface area contributed by atoms with E-state index in [4.69, 9.17) is 0 Å². The maximum Gasteiger partial charge on any atom is -0.0316 e. The van der Waals surface area contributed by atoms with Crippen LogP contribution in [0.25, 0.3) is 0 Å². The fraction of sp³-hybridized carbons (Fsp3) is 0.500. The molecule has 57 valence electrons. The fourth-order valence-corrected chi connectivity index (χ4v) is 0.712. The largest absolute Gasteiger partial charge is 0.103 e. The smallest absolute Gasteiger partial charge is 0.0316 e. The molecule has 0 aromatic carbocycles. The van der Waals surface area contributed by atoms with E-state index in [1.165, 1.54) is 12.8 Å². The van der Waals surface area contributed by atoms with Crippen LogP contribution in [-0.4, -0.2) is 0 Å². The first-order valence-electron chi connectivity index (χ1n) is 3.97. The Morgan fingerprint density at radius 3 is 2.30 bits per heavy atom. The predicted octanol–water partition coefficient (Wildman–Crippen LogP) is 3.51. The van der Waals surface area contributed by atoms with E-state index < -0.39 is 0 Å². The van der Waals surface area contributed by atoms with E-state index in [0.29, 0.717) is 0 Å². The Morgan fingerprint density at radius 1 is 1.00 bits per heavy atom. The van der Waals surface area contributed by atoms with E-state index >= 15 is 0 Å². The summed E-state index contributed by atoms with van der Waals surface area (Å²) in [6.45, 7) is 7.42. The van der Waals surface area contributed by atoms with Gasteiger partial charge in [-0.1, -0.05) is 31.6 Å². The van der Waals surface area contributed by atoms with Gasteiger partial charge in [-0.15, -0.1) is 6.58 Å². The van der Waals surface area contributed by atoms with Gasteiger partial charge in [0.1, 0.15) is 0 Å². The minimum Gasteiger partial charge on any atom is -0.103 e. The van der Waals surface area contributed by atoms with Crippen molar-refractivity contribution in [3.05, 3.63) is 31.7 Å². The topological polar surface area (TPSA) is 0 Å². The molecule has 0 heteroatoms. The summed E-state index contributed by atoms with van der Waals surface area (Å²) in [4.78, 5) is 0. The van der Waals surface area contributed by atoms with Crippen molar-refractivity contribution in [2.24, 2.45) is 0 Å². The highest BCUT2D eigenvalue weighted by atomic mass is 13.8. The van der Waals surface area contributed by atoms with Gasteiger partial charge in [0.2, 0.25) is 0 Å². The van der Waals surface area contributed by atoms with Crippen LogP contribution < -0.4 is 0 Å². The van der Waals surface area contributed by atoms with Gasteiger partial charge in [-0.2, -0.15) is 0 Å². The van der Waals surface area contributed by atoms with Crippen molar-refractivity contribution in [3.8, 4) is 0 Å².